The number of rotatable bonds is 5. The molecule has 0 saturated heterocycles. The molecule has 0 radical (unpaired) electrons. The number of ether oxygens (including phenoxy) is 1. The van der Waals surface area contributed by atoms with Gasteiger partial charge in [0.05, 0.1) is 5.57 Å². The van der Waals surface area contributed by atoms with E-state index in [1.54, 1.807) is 0 Å². The number of hydrogen-bond donors (Lipinski definition) is 0. The molecule has 0 spiro atoms. The molecule has 0 fully saturated rings. The second-order valence-corrected chi connectivity index (χ2v) is 4.26. The van der Waals surface area contributed by atoms with Gasteiger partial charge in [-0.25, -0.2) is 4.79 Å². The average Bonchev–Trinajstić information content (AvgIpc) is 2.52. The van der Waals surface area contributed by atoms with Crippen LogP contribution in [0.15, 0.2) is 73.3 Å². The van der Waals surface area contributed by atoms with Gasteiger partial charge in [0.2, 0.25) is 0 Å². The molecule has 0 unspecified atom stereocenters. The fraction of sp³-hybridized carbons (Fsp3) is 0.0556. The molecule has 0 saturated carbocycles. The van der Waals surface area contributed by atoms with Crippen molar-refractivity contribution in [2.75, 3.05) is 6.61 Å². The van der Waals surface area contributed by atoms with Gasteiger partial charge >= 0.3 is 5.97 Å². The van der Waals surface area contributed by atoms with Crippen LogP contribution in [0.25, 0.3) is 11.6 Å². The fourth-order valence-corrected chi connectivity index (χ4v) is 1.72. The lowest BCUT2D eigenvalue weighted by molar-refractivity contribution is -0.135. The predicted molar refractivity (Wildman–Crippen MR) is 81.9 cm³/mol. The van der Waals surface area contributed by atoms with Crippen LogP contribution in [0, 0.1) is 0 Å². The number of hydrogen-bond acceptors (Lipinski definition) is 2. The highest BCUT2D eigenvalue weighted by molar-refractivity contribution is 6.15. The van der Waals surface area contributed by atoms with Gasteiger partial charge in [-0.1, -0.05) is 73.3 Å². The Morgan fingerprint density at radius 2 is 1.60 bits per heavy atom. The van der Waals surface area contributed by atoms with Crippen LogP contribution in [0.3, 0.4) is 0 Å². The number of esters is 1. The highest BCUT2D eigenvalue weighted by Crippen LogP contribution is 2.13. The van der Waals surface area contributed by atoms with Crippen molar-refractivity contribution < 1.29 is 9.53 Å². The van der Waals surface area contributed by atoms with Crippen LogP contribution in [0.5, 0.6) is 0 Å². The SMILES string of the molecule is C=C(C(=O)OC/C=C/c1ccccc1)c1ccccc1. The third kappa shape index (κ3) is 3.95. The van der Waals surface area contributed by atoms with E-state index in [0.717, 1.165) is 11.1 Å². The third-order valence-corrected chi connectivity index (χ3v) is 2.79. The van der Waals surface area contributed by atoms with E-state index in [1.165, 1.54) is 0 Å². The quantitative estimate of drug-likeness (QED) is 0.603. The molecule has 0 heterocycles. The Balaban J connectivity index is 1.84. The molecule has 0 aliphatic heterocycles. The van der Waals surface area contributed by atoms with Crippen molar-refractivity contribution in [2.24, 2.45) is 0 Å². The Labute approximate surface area is 119 Å². The standard InChI is InChI=1S/C18H16O2/c1-15(17-12-6-3-7-13-17)18(19)20-14-8-11-16-9-4-2-5-10-16/h2-13H,1,14H2/b11-8+. The summed E-state index contributed by atoms with van der Waals surface area (Å²) in [5.41, 5.74) is 2.23. The van der Waals surface area contributed by atoms with Crippen LogP contribution >= 0.6 is 0 Å². The maximum Gasteiger partial charge on any atom is 0.338 e. The van der Waals surface area contributed by atoms with E-state index in [-0.39, 0.29) is 6.61 Å². The molecule has 20 heavy (non-hydrogen) atoms. The summed E-state index contributed by atoms with van der Waals surface area (Å²) in [5.74, 6) is -0.395. The zero-order valence-electron chi connectivity index (χ0n) is 11.2. The maximum atomic E-state index is 11.8. The van der Waals surface area contributed by atoms with Crippen molar-refractivity contribution in [3.8, 4) is 0 Å². The monoisotopic (exact) mass is 264 g/mol. The van der Waals surface area contributed by atoms with Crippen molar-refractivity contribution in [1.29, 1.82) is 0 Å². The molecule has 2 aromatic rings. The summed E-state index contributed by atoms with van der Waals surface area (Å²) in [5, 5.41) is 0. The van der Waals surface area contributed by atoms with Gasteiger partial charge in [0, 0.05) is 0 Å². The Bertz CT molecular complexity index is 598. The van der Waals surface area contributed by atoms with Crippen LogP contribution in [0.4, 0.5) is 0 Å². The fourth-order valence-electron chi connectivity index (χ4n) is 1.72. The van der Waals surface area contributed by atoms with Gasteiger partial charge < -0.3 is 4.74 Å². The van der Waals surface area contributed by atoms with E-state index < -0.39 is 5.97 Å². The van der Waals surface area contributed by atoms with Crippen LogP contribution in [0.2, 0.25) is 0 Å². The number of carbonyl (C=O) groups excluding carboxylic acids is 1. The van der Waals surface area contributed by atoms with Crippen LogP contribution in [-0.4, -0.2) is 12.6 Å². The van der Waals surface area contributed by atoms with E-state index in [0.29, 0.717) is 5.57 Å². The summed E-state index contributed by atoms with van der Waals surface area (Å²) in [6.07, 6.45) is 3.73. The number of carbonyl (C=O) groups is 1. The van der Waals surface area contributed by atoms with E-state index in [1.807, 2.05) is 72.8 Å². The minimum absolute atomic E-state index is 0.236. The van der Waals surface area contributed by atoms with Crippen molar-refractivity contribution in [3.63, 3.8) is 0 Å². The Kier molecular flexibility index (Phi) is 4.90. The minimum atomic E-state index is -0.395. The molecule has 0 amide bonds. The first-order valence-corrected chi connectivity index (χ1v) is 6.40. The topological polar surface area (TPSA) is 26.3 Å². The summed E-state index contributed by atoms with van der Waals surface area (Å²) in [7, 11) is 0. The normalized spacial score (nSPS) is 10.4. The summed E-state index contributed by atoms with van der Waals surface area (Å²) >= 11 is 0. The summed E-state index contributed by atoms with van der Waals surface area (Å²) in [6, 6.07) is 19.2. The Morgan fingerprint density at radius 1 is 1.00 bits per heavy atom. The first kappa shape index (κ1) is 13.8. The Morgan fingerprint density at radius 3 is 2.25 bits per heavy atom. The molecule has 0 aliphatic carbocycles. The lowest BCUT2D eigenvalue weighted by Gasteiger charge is -2.05. The molecule has 0 N–H and O–H groups in total. The summed E-state index contributed by atoms with van der Waals surface area (Å²) < 4.78 is 5.15. The first-order chi connectivity index (χ1) is 9.77. The molecular formula is C18H16O2. The molecule has 0 aromatic heterocycles. The largest absolute Gasteiger partial charge is 0.458 e. The Hall–Kier alpha value is -2.61. The average molecular weight is 264 g/mol. The molecule has 100 valence electrons. The molecule has 0 atom stereocenters. The molecule has 0 bridgehead atoms. The van der Waals surface area contributed by atoms with Gasteiger partial charge in [0.15, 0.2) is 0 Å². The second-order valence-electron chi connectivity index (χ2n) is 4.26. The van der Waals surface area contributed by atoms with Gasteiger partial charge in [-0.15, -0.1) is 0 Å². The van der Waals surface area contributed by atoms with Crippen LogP contribution in [0.1, 0.15) is 11.1 Å². The lowest BCUT2D eigenvalue weighted by Crippen LogP contribution is -2.06. The predicted octanol–water partition coefficient (Wildman–Crippen LogP) is 3.96. The van der Waals surface area contributed by atoms with Crippen LogP contribution in [-0.2, 0) is 9.53 Å². The molecule has 2 nitrogen and oxygen atoms in total. The van der Waals surface area contributed by atoms with Crippen molar-refractivity contribution in [3.05, 3.63) is 84.4 Å². The van der Waals surface area contributed by atoms with Crippen molar-refractivity contribution >= 4 is 17.6 Å². The molecule has 0 aliphatic rings. The van der Waals surface area contributed by atoms with E-state index >= 15 is 0 Å². The van der Waals surface area contributed by atoms with Crippen molar-refractivity contribution in [2.45, 2.75) is 0 Å². The molecule has 2 rings (SSSR count). The number of benzene rings is 2. The third-order valence-electron chi connectivity index (χ3n) is 2.79. The second kappa shape index (κ2) is 7.10. The van der Waals surface area contributed by atoms with Gasteiger partial charge in [-0.2, -0.15) is 0 Å². The van der Waals surface area contributed by atoms with Gasteiger partial charge in [0.25, 0.3) is 0 Å². The van der Waals surface area contributed by atoms with E-state index in [9.17, 15) is 4.79 Å². The van der Waals surface area contributed by atoms with E-state index in [4.69, 9.17) is 4.74 Å². The van der Waals surface area contributed by atoms with Gasteiger partial charge in [0.1, 0.15) is 6.61 Å². The van der Waals surface area contributed by atoms with Crippen molar-refractivity contribution in [1.82, 2.24) is 0 Å². The highest BCUT2D eigenvalue weighted by atomic mass is 16.5. The summed E-state index contributed by atoms with van der Waals surface area (Å²) in [6.45, 7) is 4.00. The van der Waals surface area contributed by atoms with E-state index in [2.05, 4.69) is 6.58 Å². The summed E-state index contributed by atoms with van der Waals surface area (Å²) in [4.78, 5) is 11.8. The first-order valence-electron chi connectivity index (χ1n) is 6.40. The van der Waals surface area contributed by atoms with Gasteiger partial charge in [-0.3, -0.25) is 0 Å². The lowest BCUT2D eigenvalue weighted by atomic mass is 10.1. The zero-order chi connectivity index (χ0) is 14.2. The highest BCUT2D eigenvalue weighted by Gasteiger charge is 2.09. The smallest absolute Gasteiger partial charge is 0.338 e. The molecular weight excluding hydrogens is 248 g/mol. The maximum absolute atomic E-state index is 11.8. The minimum Gasteiger partial charge on any atom is -0.458 e. The molecule has 2 heteroatoms. The zero-order valence-corrected chi connectivity index (χ0v) is 11.2. The van der Waals surface area contributed by atoms with Gasteiger partial charge in [-0.05, 0) is 17.2 Å². The van der Waals surface area contributed by atoms with Crippen LogP contribution < -0.4 is 0 Å². The molecule has 2 aromatic carbocycles.